The van der Waals surface area contributed by atoms with Gasteiger partial charge >= 0.3 is 0 Å². The Bertz CT molecular complexity index is 680. The van der Waals surface area contributed by atoms with Gasteiger partial charge in [-0.1, -0.05) is 17.3 Å². The Balaban J connectivity index is 1.57. The Labute approximate surface area is 135 Å². The SMILES string of the molecule is COc1cccc([C@@H]2C[C@H](O)CN2Cc2cnoc2C2CC2)c1. The molecule has 0 spiro atoms. The van der Waals surface area contributed by atoms with Gasteiger partial charge < -0.3 is 14.4 Å². The predicted octanol–water partition coefficient (Wildman–Crippen LogP) is 2.87. The number of methoxy groups -OCH3 is 1. The molecule has 122 valence electrons. The Morgan fingerprint density at radius 3 is 3.04 bits per heavy atom. The molecule has 1 aromatic carbocycles. The number of hydrogen-bond acceptors (Lipinski definition) is 5. The molecule has 2 aromatic rings. The molecule has 5 nitrogen and oxygen atoms in total. The Kier molecular flexibility index (Phi) is 3.83. The first-order chi connectivity index (χ1) is 11.2. The highest BCUT2D eigenvalue weighted by Crippen LogP contribution is 2.43. The van der Waals surface area contributed by atoms with Gasteiger partial charge in [0.15, 0.2) is 0 Å². The monoisotopic (exact) mass is 314 g/mol. The van der Waals surface area contributed by atoms with E-state index in [2.05, 4.69) is 22.2 Å². The highest BCUT2D eigenvalue weighted by molar-refractivity contribution is 5.31. The van der Waals surface area contributed by atoms with Crippen molar-refractivity contribution in [3.05, 3.63) is 47.3 Å². The highest BCUT2D eigenvalue weighted by Gasteiger charge is 2.35. The summed E-state index contributed by atoms with van der Waals surface area (Å²) >= 11 is 0. The van der Waals surface area contributed by atoms with Crippen LogP contribution in [0.3, 0.4) is 0 Å². The average Bonchev–Trinajstić information content (AvgIpc) is 3.20. The van der Waals surface area contributed by atoms with Crippen LogP contribution in [0.15, 0.2) is 35.0 Å². The van der Waals surface area contributed by atoms with Gasteiger partial charge in [0.05, 0.1) is 19.4 Å². The van der Waals surface area contributed by atoms with Gasteiger partial charge in [0.25, 0.3) is 0 Å². The van der Waals surface area contributed by atoms with Crippen molar-refractivity contribution in [3.63, 3.8) is 0 Å². The molecule has 5 heteroatoms. The predicted molar refractivity (Wildman–Crippen MR) is 85.2 cm³/mol. The van der Waals surface area contributed by atoms with Crippen molar-refractivity contribution in [2.24, 2.45) is 0 Å². The van der Waals surface area contributed by atoms with Crippen molar-refractivity contribution in [2.45, 2.75) is 43.9 Å². The number of β-amino-alcohol motifs (C(OH)–C–C–N with tert-alkyl or cyclic N) is 1. The Hall–Kier alpha value is -1.85. The van der Waals surface area contributed by atoms with E-state index in [1.54, 1.807) is 7.11 Å². The highest BCUT2D eigenvalue weighted by atomic mass is 16.5. The quantitative estimate of drug-likeness (QED) is 0.919. The van der Waals surface area contributed by atoms with Crippen molar-refractivity contribution in [3.8, 4) is 5.75 Å². The normalized spacial score (nSPS) is 25.0. The van der Waals surface area contributed by atoms with Crippen LogP contribution in [-0.4, -0.2) is 34.9 Å². The molecule has 1 saturated carbocycles. The largest absolute Gasteiger partial charge is 0.497 e. The number of ether oxygens (including phenoxy) is 1. The van der Waals surface area contributed by atoms with Crippen LogP contribution in [0, 0.1) is 0 Å². The van der Waals surface area contributed by atoms with Crippen LogP contribution in [0.2, 0.25) is 0 Å². The van der Waals surface area contributed by atoms with Crippen LogP contribution in [0.5, 0.6) is 5.75 Å². The molecule has 1 saturated heterocycles. The second kappa shape index (κ2) is 5.98. The summed E-state index contributed by atoms with van der Waals surface area (Å²) in [5.41, 5.74) is 2.35. The maximum absolute atomic E-state index is 10.2. The molecular formula is C18H22N2O3. The van der Waals surface area contributed by atoms with Crippen LogP contribution in [0.1, 0.15) is 48.1 Å². The zero-order chi connectivity index (χ0) is 15.8. The van der Waals surface area contributed by atoms with Crippen molar-refractivity contribution < 1.29 is 14.4 Å². The first-order valence-electron chi connectivity index (χ1n) is 8.24. The summed E-state index contributed by atoms with van der Waals surface area (Å²) in [6.07, 6.45) is 4.68. The molecule has 0 unspecified atom stereocenters. The maximum Gasteiger partial charge on any atom is 0.144 e. The first-order valence-corrected chi connectivity index (χ1v) is 8.24. The molecule has 2 atom stereocenters. The Morgan fingerprint density at radius 1 is 1.39 bits per heavy atom. The van der Waals surface area contributed by atoms with Gasteiger partial charge in [-0.05, 0) is 37.0 Å². The third-order valence-corrected chi connectivity index (χ3v) is 4.86. The second-order valence-corrected chi connectivity index (χ2v) is 6.60. The van der Waals surface area contributed by atoms with Gasteiger partial charge in [0.2, 0.25) is 0 Å². The molecule has 1 aliphatic heterocycles. The minimum absolute atomic E-state index is 0.196. The maximum atomic E-state index is 10.2. The third kappa shape index (κ3) is 2.99. The number of likely N-dealkylation sites (tertiary alicyclic amines) is 1. The van der Waals surface area contributed by atoms with Crippen LogP contribution in [0.4, 0.5) is 0 Å². The van der Waals surface area contributed by atoms with Gasteiger partial charge in [-0.2, -0.15) is 0 Å². The molecular weight excluding hydrogens is 292 g/mol. The summed E-state index contributed by atoms with van der Waals surface area (Å²) in [5.74, 6) is 2.44. The average molecular weight is 314 g/mol. The summed E-state index contributed by atoms with van der Waals surface area (Å²) in [4.78, 5) is 2.32. The van der Waals surface area contributed by atoms with E-state index in [1.165, 1.54) is 18.4 Å². The summed E-state index contributed by atoms with van der Waals surface area (Å²) in [6.45, 7) is 1.45. The lowest BCUT2D eigenvalue weighted by Gasteiger charge is -2.24. The lowest BCUT2D eigenvalue weighted by Crippen LogP contribution is -2.24. The molecule has 23 heavy (non-hydrogen) atoms. The van der Waals surface area contributed by atoms with Crippen molar-refractivity contribution in [1.29, 1.82) is 0 Å². The lowest BCUT2D eigenvalue weighted by atomic mass is 10.0. The zero-order valence-corrected chi connectivity index (χ0v) is 13.3. The van der Waals surface area contributed by atoms with Crippen molar-refractivity contribution in [2.75, 3.05) is 13.7 Å². The molecule has 4 rings (SSSR count). The summed E-state index contributed by atoms with van der Waals surface area (Å²) in [5, 5.41) is 14.2. The van der Waals surface area contributed by atoms with Gasteiger partial charge in [-0.15, -0.1) is 0 Å². The smallest absolute Gasteiger partial charge is 0.144 e. The summed E-state index contributed by atoms with van der Waals surface area (Å²) in [7, 11) is 1.68. The molecule has 2 aliphatic rings. The second-order valence-electron chi connectivity index (χ2n) is 6.60. The van der Waals surface area contributed by atoms with E-state index < -0.39 is 0 Å². The fourth-order valence-corrected chi connectivity index (χ4v) is 3.54. The fourth-order valence-electron chi connectivity index (χ4n) is 3.54. The van der Waals surface area contributed by atoms with Gasteiger partial charge in [-0.3, -0.25) is 4.90 Å². The molecule has 0 amide bonds. The van der Waals surface area contributed by atoms with E-state index in [-0.39, 0.29) is 12.1 Å². The van der Waals surface area contributed by atoms with Crippen LogP contribution < -0.4 is 4.74 Å². The minimum Gasteiger partial charge on any atom is -0.497 e. The number of hydrogen-bond donors (Lipinski definition) is 1. The van der Waals surface area contributed by atoms with Crippen LogP contribution in [-0.2, 0) is 6.54 Å². The number of rotatable bonds is 5. The van der Waals surface area contributed by atoms with Crippen molar-refractivity contribution >= 4 is 0 Å². The molecule has 1 aliphatic carbocycles. The minimum atomic E-state index is -0.296. The number of aliphatic hydroxyl groups excluding tert-OH is 1. The molecule has 1 N–H and O–H groups in total. The van der Waals surface area contributed by atoms with E-state index in [0.717, 1.165) is 30.0 Å². The Morgan fingerprint density at radius 2 is 2.26 bits per heavy atom. The summed E-state index contributed by atoms with van der Waals surface area (Å²) < 4.78 is 10.8. The van der Waals surface area contributed by atoms with E-state index in [4.69, 9.17) is 9.26 Å². The van der Waals surface area contributed by atoms with Gasteiger partial charge in [-0.25, -0.2) is 0 Å². The van der Waals surface area contributed by atoms with E-state index >= 15 is 0 Å². The lowest BCUT2D eigenvalue weighted by molar-refractivity contribution is 0.172. The van der Waals surface area contributed by atoms with Crippen LogP contribution >= 0.6 is 0 Å². The molecule has 2 fully saturated rings. The van der Waals surface area contributed by atoms with Crippen molar-refractivity contribution in [1.82, 2.24) is 10.1 Å². The summed E-state index contributed by atoms with van der Waals surface area (Å²) in [6, 6.07) is 8.32. The van der Waals surface area contributed by atoms with Gasteiger partial charge in [0, 0.05) is 30.6 Å². The number of aliphatic hydroxyl groups is 1. The van der Waals surface area contributed by atoms with Gasteiger partial charge in [0.1, 0.15) is 11.5 Å². The fraction of sp³-hybridized carbons (Fsp3) is 0.500. The zero-order valence-electron chi connectivity index (χ0n) is 13.3. The molecule has 1 aromatic heterocycles. The standard InChI is InChI=1S/C18H22N2O3/c1-22-16-4-2-3-13(7-16)17-8-15(21)11-20(17)10-14-9-19-23-18(14)12-5-6-12/h2-4,7,9,12,15,17,21H,5-6,8,10-11H2,1H3/t15-,17-/m0/s1. The van der Waals surface area contributed by atoms with E-state index in [1.807, 2.05) is 18.3 Å². The molecule has 0 radical (unpaired) electrons. The van der Waals surface area contributed by atoms with Crippen LogP contribution in [0.25, 0.3) is 0 Å². The molecule has 0 bridgehead atoms. The van der Waals surface area contributed by atoms with E-state index in [9.17, 15) is 5.11 Å². The number of benzene rings is 1. The number of nitrogens with zero attached hydrogens (tertiary/aromatic N) is 2. The third-order valence-electron chi connectivity index (χ3n) is 4.86. The first kappa shape index (κ1) is 14.7. The number of aromatic nitrogens is 1. The van der Waals surface area contributed by atoms with E-state index in [0.29, 0.717) is 12.5 Å². The topological polar surface area (TPSA) is 58.7 Å². The molecule has 2 heterocycles.